The summed E-state index contributed by atoms with van der Waals surface area (Å²) in [5.74, 6) is 2.23. The largest absolute Gasteiger partial charge is 0.508 e. The van der Waals surface area contributed by atoms with E-state index in [-0.39, 0.29) is 17.4 Å². The highest BCUT2D eigenvalue weighted by atomic mass is 16.3. The van der Waals surface area contributed by atoms with Gasteiger partial charge in [0, 0.05) is 39.3 Å². The van der Waals surface area contributed by atoms with Gasteiger partial charge in [-0.3, -0.25) is 9.69 Å². The summed E-state index contributed by atoms with van der Waals surface area (Å²) in [5, 5.41) is 32.7. The van der Waals surface area contributed by atoms with E-state index >= 15 is 0 Å². The molecular weight excluding hydrogens is 502 g/mol. The van der Waals surface area contributed by atoms with Crippen molar-refractivity contribution in [2.75, 3.05) is 39.8 Å². The first-order chi connectivity index (χ1) is 19.3. The Kier molecular flexibility index (Phi) is 7.85. The molecule has 216 valence electrons. The number of aromatic hydroxyl groups is 1. The van der Waals surface area contributed by atoms with Crippen molar-refractivity contribution < 1.29 is 15.0 Å². The molecule has 0 bridgehead atoms. The van der Waals surface area contributed by atoms with Crippen molar-refractivity contribution in [1.82, 2.24) is 25.3 Å². The predicted octanol–water partition coefficient (Wildman–Crippen LogP) is 3.58. The van der Waals surface area contributed by atoms with Crippen LogP contribution < -0.4 is 5.32 Å². The fourth-order valence-corrected chi connectivity index (χ4v) is 8.49. The van der Waals surface area contributed by atoms with E-state index in [1.54, 1.807) is 6.07 Å². The van der Waals surface area contributed by atoms with Crippen molar-refractivity contribution in [1.29, 1.82) is 0 Å². The molecule has 2 heterocycles. The van der Waals surface area contributed by atoms with Crippen LogP contribution in [0, 0.1) is 23.2 Å². The third kappa shape index (κ3) is 5.38. The molecule has 0 radical (unpaired) electrons. The van der Waals surface area contributed by atoms with Gasteiger partial charge in [0.2, 0.25) is 0 Å². The van der Waals surface area contributed by atoms with Crippen molar-refractivity contribution in [3.63, 3.8) is 0 Å². The van der Waals surface area contributed by atoms with Crippen molar-refractivity contribution in [3.05, 3.63) is 52.8 Å². The second kappa shape index (κ2) is 11.4. The molecule has 1 amide bonds. The number of likely N-dealkylation sites (N-methyl/N-ethyl adjacent to an activating group) is 1. The van der Waals surface area contributed by atoms with Gasteiger partial charge in [-0.2, -0.15) is 5.10 Å². The summed E-state index contributed by atoms with van der Waals surface area (Å²) in [5.41, 5.74) is 3.97. The Bertz CT molecular complexity index is 1200. The van der Waals surface area contributed by atoms with Crippen LogP contribution >= 0.6 is 0 Å². The molecule has 40 heavy (non-hydrogen) atoms. The van der Waals surface area contributed by atoms with Gasteiger partial charge in [0.25, 0.3) is 5.91 Å². The number of aliphatic hydroxyl groups is 1. The summed E-state index contributed by atoms with van der Waals surface area (Å²) >= 11 is 0. The molecule has 8 nitrogen and oxygen atoms in total. The molecule has 3 aliphatic carbocycles. The first-order valence-corrected chi connectivity index (χ1v) is 15.3. The molecule has 1 aliphatic heterocycles. The van der Waals surface area contributed by atoms with Gasteiger partial charge in [-0.25, -0.2) is 0 Å². The fraction of sp³-hybridized carbons (Fsp3) is 0.656. The minimum absolute atomic E-state index is 0.0111. The number of carbonyl (C=O) groups is 1. The van der Waals surface area contributed by atoms with Gasteiger partial charge in [0.1, 0.15) is 5.75 Å². The van der Waals surface area contributed by atoms with E-state index in [9.17, 15) is 15.0 Å². The molecule has 2 aromatic rings. The summed E-state index contributed by atoms with van der Waals surface area (Å²) < 4.78 is 0. The number of phenols is 1. The molecule has 1 aromatic heterocycles. The number of aliphatic hydroxyl groups excluding tert-OH is 1. The quantitative estimate of drug-likeness (QED) is 0.456. The second-order valence-corrected chi connectivity index (χ2v) is 13.2. The van der Waals surface area contributed by atoms with Crippen LogP contribution in [0.2, 0.25) is 0 Å². The first kappa shape index (κ1) is 27.6. The number of hydrogen-bond donors (Lipinski definition) is 3. The highest BCUT2D eigenvalue weighted by molar-refractivity contribution is 5.91. The van der Waals surface area contributed by atoms with Crippen molar-refractivity contribution >= 4 is 5.91 Å². The van der Waals surface area contributed by atoms with Crippen LogP contribution in [0.4, 0.5) is 0 Å². The Morgan fingerprint density at radius 2 is 1.93 bits per heavy atom. The van der Waals surface area contributed by atoms with Gasteiger partial charge in [-0.15, -0.1) is 5.10 Å². The third-order valence-electron chi connectivity index (χ3n) is 10.8. The number of hydrogen-bond acceptors (Lipinski definition) is 7. The van der Waals surface area contributed by atoms with Crippen LogP contribution in [0.25, 0.3) is 0 Å². The molecular formula is C32H45N5O3. The number of amides is 1. The zero-order chi connectivity index (χ0) is 27.9. The molecule has 8 heteroatoms. The average molecular weight is 548 g/mol. The lowest BCUT2D eigenvalue weighted by Gasteiger charge is -2.53. The van der Waals surface area contributed by atoms with E-state index in [1.165, 1.54) is 11.1 Å². The molecule has 3 N–H and O–H groups in total. The van der Waals surface area contributed by atoms with E-state index in [0.29, 0.717) is 41.7 Å². The monoisotopic (exact) mass is 547 g/mol. The van der Waals surface area contributed by atoms with Crippen LogP contribution in [0.3, 0.4) is 0 Å². The van der Waals surface area contributed by atoms with E-state index < -0.39 is 0 Å². The average Bonchev–Trinajstić information content (AvgIpc) is 3.26. The number of fused-ring (bicyclic) bond motifs is 5. The van der Waals surface area contributed by atoms with Gasteiger partial charge in [0.15, 0.2) is 5.69 Å². The normalized spacial score (nSPS) is 32.2. The molecule has 6 unspecified atom stereocenters. The third-order valence-corrected chi connectivity index (χ3v) is 10.8. The Labute approximate surface area is 238 Å². The van der Waals surface area contributed by atoms with Crippen LogP contribution in [-0.2, 0) is 13.0 Å². The van der Waals surface area contributed by atoms with E-state index in [4.69, 9.17) is 0 Å². The number of benzene rings is 1. The first-order valence-electron chi connectivity index (χ1n) is 15.3. The maximum atomic E-state index is 12.8. The van der Waals surface area contributed by atoms with Crippen LogP contribution in [0.15, 0.2) is 30.3 Å². The Morgan fingerprint density at radius 3 is 2.70 bits per heavy atom. The predicted molar refractivity (Wildman–Crippen MR) is 154 cm³/mol. The minimum Gasteiger partial charge on any atom is -0.508 e. The fourth-order valence-electron chi connectivity index (χ4n) is 8.49. The zero-order valence-electron chi connectivity index (χ0n) is 24.1. The number of nitrogens with one attached hydrogen (secondary N) is 1. The number of carbonyl (C=O) groups excluding carboxylic acids is 1. The lowest BCUT2D eigenvalue weighted by Crippen LogP contribution is -2.47. The molecule has 1 saturated heterocycles. The SMILES string of the molecule is CN1CCN(Cc2ccc(C(=O)NCCCC3Cc4cc(O)ccc4C4CCC5(C)C(O)CCC5C34)nn2)CC1. The van der Waals surface area contributed by atoms with E-state index in [0.717, 1.165) is 83.4 Å². The number of nitrogens with zero attached hydrogens (tertiary/aromatic N) is 4. The van der Waals surface area contributed by atoms with Crippen LogP contribution in [0.1, 0.15) is 78.7 Å². The second-order valence-electron chi connectivity index (χ2n) is 13.2. The summed E-state index contributed by atoms with van der Waals surface area (Å²) in [4.78, 5) is 17.5. The van der Waals surface area contributed by atoms with Gasteiger partial charge >= 0.3 is 0 Å². The van der Waals surface area contributed by atoms with Gasteiger partial charge in [-0.1, -0.05) is 13.0 Å². The molecule has 6 rings (SSSR count). The van der Waals surface area contributed by atoms with E-state index in [1.807, 2.05) is 18.2 Å². The Hall–Kier alpha value is -2.55. The van der Waals surface area contributed by atoms with Gasteiger partial charge in [-0.05, 0) is 116 Å². The number of rotatable bonds is 7. The lowest BCUT2D eigenvalue weighted by atomic mass is 9.52. The minimum atomic E-state index is -0.200. The molecule has 3 fully saturated rings. The highest BCUT2D eigenvalue weighted by Gasteiger charge is 2.56. The number of phenolic OH excluding ortho intramolecular Hbond substituents is 1. The van der Waals surface area contributed by atoms with Crippen LogP contribution in [0.5, 0.6) is 5.75 Å². The molecule has 6 atom stereocenters. The van der Waals surface area contributed by atoms with Gasteiger partial charge < -0.3 is 20.4 Å². The summed E-state index contributed by atoms with van der Waals surface area (Å²) in [7, 11) is 2.15. The lowest BCUT2D eigenvalue weighted by molar-refractivity contribution is -0.0395. The summed E-state index contributed by atoms with van der Waals surface area (Å²) in [6.45, 7) is 7.86. The van der Waals surface area contributed by atoms with E-state index in [2.05, 4.69) is 45.4 Å². The Balaban J connectivity index is 1.06. The molecule has 1 aromatic carbocycles. The number of aromatic nitrogens is 2. The van der Waals surface area contributed by atoms with Crippen molar-refractivity contribution in [3.8, 4) is 5.75 Å². The topological polar surface area (TPSA) is 102 Å². The smallest absolute Gasteiger partial charge is 0.271 e. The van der Waals surface area contributed by atoms with Gasteiger partial charge in [0.05, 0.1) is 11.8 Å². The molecule has 2 saturated carbocycles. The van der Waals surface area contributed by atoms with Crippen molar-refractivity contribution in [2.24, 2.45) is 23.2 Å². The van der Waals surface area contributed by atoms with Crippen LogP contribution in [-0.4, -0.2) is 82.0 Å². The zero-order valence-corrected chi connectivity index (χ0v) is 24.1. The maximum absolute atomic E-state index is 12.8. The summed E-state index contributed by atoms with van der Waals surface area (Å²) in [6, 6.07) is 9.65. The molecule has 4 aliphatic rings. The Morgan fingerprint density at radius 1 is 1.10 bits per heavy atom. The molecule has 0 spiro atoms. The maximum Gasteiger partial charge on any atom is 0.271 e. The number of piperazine rings is 1. The standard InChI is InChI=1S/C32H45N5O3/c1-32-12-11-26-25-7-6-24(38)19-22(25)18-21(30(26)27(32)8-10-29(32)39)4-3-13-33-31(40)28-9-5-23(34-35-28)20-37-16-14-36(2)15-17-37/h5-7,9,19,21,26-27,29-30,38-39H,3-4,8,10-18,20H2,1-2H3,(H,33,40). The highest BCUT2D eigenvalue weighted by Crippen LogP contribution is 2.62. The van der Waals surface area contributed by atoms with Crippen molar-refractivity contribution in [2.45, 2.75) is 70.4 Å². The summed E-state index contributed by atoms with van der Waals surface area (Å²) in [6.07, 6.45) is 6.86.